The lowest BCUT2D eigenvalue weighted by Gasteiger charge is -2.02. The minimum Gasteiger partial charge on any atom is -0.291 e. The molecular formula is C21H14N6O. The van der Waals surface area contributed by atoms with E-state index in [1.165, 1.54) is 5.56 Å². The van der Waals surface area contributed by atoms with Crippen molar-refractivity contribution in [2.45, 2.75) is 6.92 Å². The summed E-state index contributed by atoms with van der Waals surface area (Å²) in [6.07, 6.45) is 1.74. The van der Waals surface area contributed by atoms with Crippen molar-refractivity contribution in [3.8, 4) is 11.3 Å². The minimum atomic E-state index is -0.254. The van der Waals surface area contributed by atoms with Gasteiger partial charge in [0.2, 0.25) is 0 Å². The molecule has 7 nitrogen and oxygen atoms in total. The summed E-state index contributed by atoms with van der Waals surface area (Å²) in [6, 6.07) is 17.6. The quantitative estimate of drug-likeness (QED) is 0.484. The Balaban J connectivity index is 1.71. The first kappa shape index (κ1) is 15.1. The van der Waals surface area contributed by atoms with Gasteiger partial charge in [-0.2, -0.15) is 9.61 Å². The molecule has 6 rings (SSSR count). The topological polar surface area (TPSA) is 80.3 Å². The van der Waals surface area contributed by atoms with E-state index in [1.54, 1.807) is 15.1 Å². The van der Waals surface area contributed by atoms with E-state index in [2.05, 4.69) is 20.1 Å². The molecule has 1 N–H and O–H groups in total. The molecule has 0 aliphatic rings. The maximum absolute atomic E-state index is 12.8. The summed E-state index contributed by atoms with van der Waals surface area (Å²) in [4.78, 5) is 25.0. The molecule has 6 aromatic rings. The van der Waals surface area contributed by atoms with E-state index >= 15 is 0 Å². The van der Waals surface area contributed by atoms with Gasteiger partial charge in [0.25, 0.3) is 0 Å². The van der Waals surface area contributed by atoms with Crippen LogP contribution in [-0.2, 0) is 0 Å². The van der Waals surface area contributed by atoms with Gasteiger partial charge < -0.3 is 0 Å². The van der Waals surface area contributed by atoms with E-state index in [9.17, 15) is 4.79 Å². The van der Waals surface area contributed by atoms with Gasteiger partial charge >= 0.3 is 5.69 Å². The van der Waals surface area contributed by atoms with Gasteiger partial charge in [-0.15, -0.1) is 0 Å². The number of H-pyrrole nitrogens is 1. The summed E-state index contributed by atoms with van der Waals surface area (Å²) in [6.45, 7) is 2.05. The zero-order valence-electron chi connectivity index (χ0n) is 14.9. The molecule has 2 aromatic carbocycles. The van der Waals surface area contributed by atoms with Gasteiger partial charge in [0, 0.05) is 17.8 Å². The second-order valence-electron chi connectivity index (χ2n) is 6.88. The van der Waals surface area contributed by atoms with Gasteiger partial charge in [-0.3, -0.25) is 4.98 Å². The summed E-state index contributed by atoms with van der Waals surface area (Å²) < 4.78 is 3.25. The average Bonchev–Trinajstić information content (AvgIpc) is 3.31. The molecule has 0 aliphatic carbocycles. The Hall–Kier alpha value is -4.00. The van der Waals surface area contributed by atoms with Crippen molar-refractivity contribution >= 4 is 33.4 Å². The average molecular weight is 366 g/mol. The molecule has 0 spiro atoms. The Kier molecular flexibility index (Phi) is 2.84. The molecule has 4 heterocycles. The normalized spacial score (nSPS) is 11.9. The van der Waals surface area contributed by atoms with Crippen molar-refractivity contribution in [1.82, 2.24) is 29.0 Å². The highest BCUT2D eigenvalue weighted by Crippen LogP contribution is 2.24. The molecule has 0 bridgehead atoms. The van der Waals surface area contributed by atoms with Gasteiger partial charge in [-0.1, -0.05) is 42.0 Å². The van der Waals surface area contributed by atoms with Crippen LogP contribution in [0.15, 0.2) is 65.6 Å². The molecule has 0 saturated carbocycles. The van der Waals surface area contributed by atoms with Crippen molar-refractivity contribution in [2.75, 3.05) is 0 Å². The third kappa shape index (κ3) is 1.98. The number of benzene rings is 2. The molecule has 0 saturated heterocycles. The monoisotopic (exact) mass is 366 g/mol. The second kappa shape index (κ2) is 5.26. The largest absolute Gasteiger partial charge is 0.333 e. The van der Waals surface area contributed by atoms with Crippen molar-refractivity contribution in [3.05, 3.63) is 76.8 Å². The number of para-hydroxylation sites is 2. The minimum absolute atomic E-state index is 0.254. The van der Waals surface area contributed by atoms with Crippen LogP contribution in [0.25, 0.3) is 44.6 Å². The van der Waals surface area contributed by atoms with Gasteiger partial charge in [0.15, 0.2) is 16.9 Å². The number of fused-ring (bicyclic) bond motifs is 7. The maximum Gasteiger partial charge on any atom is 0.333 e. The van der Waals surface area contributed by atoms with E-state index in [1.807, 2.05) is 61.5 Å². The van der Waals surface area contributed by atoms with Crippen LogP contribution in [0, 0.1) is 6.92 Å². The van der Waals surface area contributed by atoms with Gasteiger partial charge in [-0.25, -0.2) is 19.2 Å². The van der Waals surface area contributed by atoms with Crippen molar-refractivity contribution in [2.24, 2.45) is 0 Å². The Morgan fingerprint density at radius 2 is 1.86 bits per heavy atom. The van der Waals surface area contributed by atoms with Gasteiger partial charge in [-0.05, 0) is 19.1 Å². The maximum atomic E-state index is 12.8. The van der Waals surface area contributed by atoms with Crippen LogP contribution in [-0.4, -0.2) is 29.0 Å². The highest BCUT2D eigenvalue weighted by atomic mass is 16.1. The van der Waals surface area contributed by atoms with Gasteiger partial charge in [0.1, 0.15) is 0 Å². The van der Waals surface area contributed by atoms with Crippen LogP contribution >= 0.6 is 0 Å². The first-order chi connectivity index (χ1) is 13.7. The lowest BCUT2D eigenvalue weighted by molar-refractivity contribution is 0.941. The number of nitrogens with zero attached hydrogens (tertiary/aromatic N) is 5. The highest BCUT2D eigenvalue weighted by Gasteiger charge is 2.15. The van der Waals surface area contributed by atoms with Gasteiger partial charge in [0.05, 0.1) is 22.1 Å². The predicted molar refractivity (Wildman–Crippen MR) is 108 cm³/mol. The molecule has 0 fully saturated rings. The number of aryl methyl sites for hydroxylation is 1. The van der Waals surface area contributed by atoms with E-state index in [4.69, 9.17) is 0 Å². The fourth-order valence-corrected chi connectivity index (χ4v) is 3.65. The Labute approximate surface area is 157 Å². The van der Waals surface area contributed by atoms with Crippen LogP contribution < -0.4 is 5.69 Å². The van der Waals surface area contributed by atoms with Crippen molar-refractivity contribution in [3.63, 3.8) is 0 Å². The fraction of sp³-hybridized carbons (Fsp3) is 0.0476. The van der Waals surface area contributed by atoms with E-state index in [0.29, 0.717) is 16.9 Å². The summed E-state index contributed by atoms with van der Waals surface area (Å²) in [7, 11) is 0. The molecule has 0 unspecified atom stereocenters. The van der Waals surface area contributed by atoms with Crippen LogP contribution in [0.5, 0.6) is 0 Å². The number of imidazole rings is 1. The summed E-state index contributed by atoms with van der Waals surface area (Å²) in [5.74, 6) is 0. The first-order valence-electron chi connectivity index (χ1n) is 8.94. The molecule has 4 aromatic heterocycles. The number of nitrogens with one attached hydrogen (secondary N) is 1. The van der Waals surface area contributed by atoms with Crippen molar-refractivity contribution in [1.29, 1.82) is 0 Å². The Bertz CT molecular complexity index is 1590. The molecule has 28 heavy (non-hydrogen) atoms. The second-order valence-corrected chi connectivity index (χ2v) is 6.88. The first-order valence-corrected chi connectivity index (χ1v) is 8.94. The standard InChI is InChI=1S/C21H14N6O/c1-12-6-8-13(9-7-12)16-10-18-22-11-14-19-23-15-4-2-3-5-17(15)26(19)21(28)24-20(14)27(18)25-16/h2-11H,1H3,(H,24,28). The zero-order valence-corrected chi connectivity index (χ0v) is 14.9. The van der Waals surface area contributed by atoms with E-state index < -0.39 is 0 Å². The number of hydrogen-bond donors (Lipinski definition) is 1. The Morgan fingerprint density at radius 3 is 2.71 bits per heavy atom. The summed E-state index contributed by atoms with van der Waals surface area (Å²) in [5.41, 5.74) is 6.08. The van der Waals surface area contributed by atoms with Crippen LogP contribution in [0.3, 0.4) is 0 Å². The number of aromatic nitrogens is 6. The molecule has 0 radical (unpaired) electrons. The summed E-state index contributed by atoms with van der Waals surface area (Å²) >= 11 is 0. The SMILES string of the molecule is Cc1ccc(-c2cc3ncc4c([nH]c(=O)n5c6ccccc6nc45)n3n2)cc1. The van der Waals surface area contributed by atoms with Crippen LogP contribution in [0.2, 0.25) is 0 Å². The fourth-order valence-electron chi connectivity index (χ4n) is 3.65. The third-order valence-electron chi connectivity index (χ3n) is 5.06. The smallest absolute Gasteiger partial charge is 0.291 e. The summed E-state index contributed by atoms with van der Waals surface area (Å²) in [5, 5.41) is 5.43. The lowest BCUT2D eigenvalue weighted by atomic mass is 10.1. The zero-order chi connectivity index (χ0) is 18.8. The lowest BCUT2D eigenvalue weighted by Crippen LogP contribution is -2.17. The van der Waals surface area contributed by atoms with Crippen LogP contribution in [0.4, 0.5) is 0 Å². The Morgan fingerprint density at radius 1 is 1.04 bits per heavy atom. The van der Waals surface area contributed by atoms with Crippen molar-refractivity contribution < 1.29 is 0 Å². The molecule has 7 heteroatoms. The third-order valence-corrected chi connectivity index (χ3v) is 5.06. The number of hydrogen-bond acceptors (Lipinski definition) is 4. The number of aromatic amines is 1. The molecule has 0 atom stereocenters. The molecule has 134 valence electrons. The predicted octanol–water partition coefficient (Wildman–Crippen LogP) is 3.35. The van der Waals surface area contributed by atoms with Crippen LogP contribution in [0.1, 0.15) is 5.56 Å². The molecule has 0 aliphatic heterocycles. The van der Waals surface area contributed by atoms with E-state index in [-0.39, 0.29) is 5.69 Å². The molecular weight excluding hydrogens is 352 g/mol. The highest BCUT2D eigenvalue weighted by molar-refractivity contribution is 5.95. The molecule has 0 amide bonds. The van der Waals surface area contributed by atoms with E-state index in [0.717, 1.165) is 27.7 Å². The number of rotatable bonds is 1.